The van der Waals surface area contributed by atoms with E-state index in [1.54, 1.807) is 0 Å². The predicted octanol–water partition coefficient (Wildman–Crippen LogP) is 1.82. The molecule has 26 heavy (non-hydrogen) atoms. The average Bonchev–Trinajstić information content (AvgIpc) is 3.08. The predicted molar refractivity (Wildman–Crippen MR) is 97.7 cm³/mol. The van der Waals surface area contributed by atoms with Crippen molar-refractivity contribution >= 4 is 17.5 Å². The molecule has 2 amide bonds. The summed E-state index contributed by atoms with van der Waals surface area (Å²) in [5.74, 6) is -0.00117. The Morgan fingerprint density at radius 1 is 1.27 bits per heavy atom. The highest BCUT2D eigenvalue weighted by molar-refractivity contribution is 6.04. The molecule has 1 saturated heterocycles. The molecule has 3 N–H and O–H groups in total. The number of carbonyl (C=O) groups is 2. The number of benzene rings is 1. The highest BCUT2D eigenvalue weighted by atomic mass is 16.2. The lowest BCUT2D eigenvalue weighted by molar-refractivity contribution is -0.133. The van der Waals surface area contributed by atoms with Gasteiger partial charge in [0.05, 0.1) is 0 Å². The summed E-state index contributed by atoms with van der Waals surface area (Å²) in [7, 11) is 0. The summed E-state index contributed by atoms with van der Waals surface area (Å²) in [5.41, 5.74) is 4.17. The molecule has 7 heteroatoms. The van der Waals surface area contributed by atoms with Crippen molar-refractivity contribution in [3.05, 3.63) is 46.8 Å². The minimum absolute atomic E-state index is 0.210. The van der Waals surface area contributed by atoms with Gasteiger partial charge in [0, 0.05) is 56.0 Å². The highest BCUT2D eigenvalue weighted by Crippen LogP contribution is 2.19. The number of rotatable bonds is 4. The van der Waals surface area contributed by atoms with Crippen molar-refractivity contribution in [2.75, 3.05) is 18.4 Å². The van der Waals surface area contributed by atoms with E-state index >= 15 is 0 Å². The summed E-state index contributed by atoms with van der Waals surface area (Å²) in [5, 5.41) is 13.4. The van der Waals surface area contributed by atoms with E-state index in [1.165, 1.54) is 0 Å². The molecule has 1 fully saturated rings. The monoisotopic (exact) mass is 353 g/mol. The van der Waals surface area contributed by atoms with Crippen LogP contribution < -0.4 is 10.6 Å². The summed E-state index contributed by atoms with van der Waals surface area (Å²) in [6.45, 7) is 2.95. The molecule has 1 aromatic carbocycles. The first-order valence-electron chi connectivity index (χ1n) is 9.15. The van der Waals surface area contributed by atoms with E-state index in [9.17, 15) is 9.59 Å². The maximum atomic E-state index is 12.6. The second-order valence-electron chi connectivity index (χ2n) is 6.88. The molecule has 1 aromatic heterocycles. The number of hydrogen-bond donors (Lipinski definition) is 3. The van der Waals surface area contributed by atoms with Crippen molar-refractivity contribution in [1.82, 2.24) is 20.4 Å². The number of aromatic nitrogens is 2. The summed E-state index contributed by atoms with van der Waals surface area (Å²) in [6, 6.07) is 7.67. The van der Waals surface area contributed by atoms with Crippen molar-refractivity contribution < 1.29 is 9.59 Å². The van der Waals surface area contributed by atoms with Crippen LogP contribution in [0.3, 0.4) is 0 Å². The normalized spacial score (nSPS) is 17.1. The van der Waals surface area contributed by atoms with Gasteiger partial charge in [0.15, 0.2) is 5.69 Å². The SMILES string of the molecule is O=C(Nc1cccc(CN2CCCCC2=O)c1)c1n[nH]c2c1CNCC2. The van der Waals surface area contributed by atoms with Crippen LogP contribution in [-0.4, -0.2) is 40.0 Å². The number of amides is 2. The first-order chi connectivity index (χ1) is 12.7. The number of piperidine rings is 1. The van der Waals surface area contributed by atoms with Crippen LogP contribution in [0.5, 0.6) is 0 Å². The first kappa shape index (κ1) is 16.8. The number of likely N-dealkylation sites (tertiary alicyclic amines) is 1. The summed E-state index contributed by atoms with van der Waals surface area (Å²) >= 11 is 0. The topological polar surface area (TPSA) is 90.1 Å². The van der Waals surface area contributed by atoms with Crippen LogP contribution in [-0.2, 0) is 24.3 Å². The van der Waals surface area contributed by atoms with Gasteiger partial charge in [-0.05, 0) is 30.5 Å². The van der Waals surface area contributed by atoms with E-state index in [0.29, 0.717) is 25.2 Å². The maximum Gasteiger partial charge on any atom is 0.276 e. The van der Waals surface area contributed by atoms with Crippen molar-refractivity contribution in [2.45, 2.75) is 38.8 Å². The van der Waals surface area contributed by atoms with Crippen molar-refractivity contribution in [2.24, 2.45) is 0 Å². The van der Waals surface area contributed by atoms with Gasteiger partial charge in [-0.2, -0.15) is 5.10 Å². The van der Waals surface area contributed by atoms with Crippen molar-refractivity contribution in [3.63, 3.8) is 0 Å². The lowest BCUT2D eigenvalue weighted by atomic mass is 10.1. The Morgan fingerprint density at radius 3 is 3.08 bits per heavy atom. The minimum atomic E-state index is -0.211. The second kappa shape index (κ2) is 7.29. The van der Waals surface area contributed by atoms with E-state index in [0.717, 1.165) is 54.9 Å². The fraction of sp³-hybridized carbons (Fsp3) is 0.421. The molecular formula is C19H23N5O2. The fourth-order valence-corrected chi connectivity index (χ4v) is 3.60. The number of aromatic amines is 1. The number of nitrogens with one attached hydrogen (secondary N) is 3. The molecule has 2 aliphatic rings. The number of anilines is 1. The maximum absolute atomic E-state index is 12.6. The average molecular weight is 353 g/mol. The van der Waals surface area contributed by atoms with Crippen LogP contribution in [0.15, 0.2) is 24.3 Å². The van der Waals surface area contributed by atoms with E-state index in [4.69, 9.17) is 0 Å². The molecule has 0 unspecified atom stereocenters. The Hall–Kier alpha value is -2.67. The molecular weight excluding hydrogens is 330 g/mol. The summed E-state index contributed by atoms with van der Waals surface area (Å²) in [4.78, 5) is 26.5. The van der Waals surface area contributed by atoms with Crippen molar-refractivity contribution in [3.8, 4) is 0 Å². The Morgan fingerprint density at radius 2 is 2.19 bits per heavy atom. The van der Waals surface area contributed by atoms with Crippen LogP contribution in [0, 0.1) is 0 Å². The van der Waals surface area contributed by atoms with Crippen molar-refractivity contribution in [1.29, 1.82) is 0 Å². The molecule has 0 aliphatic carbocycles. The molecule has 2 aliphatic heterocycles. The van der Waals surface area contributed by atoms with Gasteiger partial charge in [0.2, 0.25) is 5.91 Å². The molecule has 0 atom stereocenters. The van der Waals surface area contributed by atoms with Gasteiger partial charge in [-0.1, -0.05) is 12.1 Å². The lowest BCUT2D eigenvalue weighted by Crippen LogP contribution is -2.34. The third kappa shape index (κ3) is 3.48. The highest BCUT2D eigenvalue weighted by Gasteiger charge is 2.22. The Balaban J connectivity index is 1.46. The van der Waals surface area contributed by atoms with Crippen LogP contribution in [0.2, 0.25) is 0 Å². The van der Waals surface area contributed by atoms with E-state index in [2.05, 4.69) is 20.8 Å². The molecule has 0 saturated carbocycles. The van der Waals surface area contributed by atoms with E-state index < -0.39 is 0 Å². The lowest BCUT2D eigenvalue weighted by Gasteiger charge is -2.26. The zero-order valence-corrected chi connectivity index (χ0v) is 14.7. The van der Waals surface area contributed by atoms with Gasteiger partial charge in [-0.3, -0.25) is 14.7 Å². The van der Waals surface area contributed by atoms with E-state index in [-0.39, 0.29) is 11.8 Å². The largest absolute Gasteiger partial charge is 0.338 e. The molecule has 3 heterocycles. The number of nitrogens with zero attached hydrogens (tertiary/aromatic N) is 2. The van der Waals surface area contributed by atoms with Crippen LogP contribution >= 0.6 is 0 Å². The number of H-pyrrole nitrogens is 1. The van der Waals surface area contributed by atoms with Gasteiger partial charge >= 0.3 is 0 Å². The molecule has 4 rings (SSSR count). The molecule has 2 aromatic rings. The van der Waals surface area contributed by atoms with E-state index in [1.807, 2.05) is 29.2 Å². The molecule has 0 bridgehead atoms. The second-order valence-corrected chi connectivity index (χ2v) is 6.88. The smallest absolute Gasteiger partial charge is 0.276 e. The van der Waals surface area contributed by atoms with Gasteiger partial charge in [0.25, 0.3) is 5.91 Å². The molecule has 0 spiro atoms. The summed E-state index contributed by atoms with van der Waals surface area (Å²) in [6.07, 6.45) is 3.53. The zero-order valence-electron chi connectivity index (χ0n) is 14.7. The number of fused-ring (bicyclic) bond motifs is 1. The Labute approximate surface area is 152 Å². The summed E-state index contributed by atoms with van der Waals surface area (Å²) < 4.78 is 0. The first-order valence-corrected chi connectivity index (χ1v) is 9.15. The third-order valence-corrected chi connectivity index (χ3v) is 5.00. The minimum Gasteiger partial charge on any atom is -0.338 e. The Kier molecular flexibility index (Phi) is 4.71. The van der Waals surface area contributed by atoms with Crippen LogP contribution in [0.1, 0.15) is 46.6 Å². The molecule has 136 valence electrons. The van der Waals surface area contributed by atoms with Gasteiger partial charge in [-0.15, -0.1) is 0 Å². The van der Waals surface area contributed by atoms with Crippen LogP contribution in [0.4, 0.5) is 5.69 Å². The molecule has 0 radical (unpaired) electrons. The standard InChI is InChI=1S/C19H23N5O2/c25-17-6-1-2-9-24(17)12-13-4-3-5-14(10-13)21-19(26)18-15-11-20-8-7-16(15)22-23-18/h3-5,10,20H,1-2,6-9,11-12H2,(H,21,26)(H,22,23). The zero-order chi connectivity index (χ0) is 17.9. The number of hydrogen-bond acceptors (Lipinski definition) is 4. The third-order valence-electron chi connectivity index (χ3n) is 5.00. The molecule has 7 nitrogen and oxygen atoms in total. The fourth-order valence-electron chi connectivity index (χ4n) is 3.60. The van der Waals surface area contributed by atoms with Gasteiger partial charge in [-0.25, -0.2) is 0 Å². The van der Waals surface area contributed by atoms with Crippen LogP contribution in [0.25, 0.3) is 0 Å². The van der Waals surface area contributed by atoms with Gasteiger partial charge < -0.3 is 15.5 Å². The number of carbonyl (C=O) groups excluding carboxylic acids is 2. The van der Waals surface area contributed by atoms with Gasteiger partial charge in [0.1, 0.15) is 0 Å². The Bertz CT molecular complexity index is 829. The quantitative estimate of drug-likeness (QED) is 0.782.